The van der Waals surface area contributed by atoms with E-state index >= 15 is 0 Å². The number of carbonyl (C=O) groups is 2. The maximum atomic E-state index is 14.2. The van der Waals surface area contributed by atoms with E-state index in [2.05, 4.69) is 0 Å². The number of hydrogen-bond donors (Lipinski definition) is 4. The lowest BCUT2D eigenvalue weighted by molar-refractivity contribution is -0.319. The van der Waals surface area contributed by atoms with Crippen LogP contribution in [0.1, 0.15) is 108 Å². The van der Waals surface area contributed by atoms with Crippen molar-refractivity contribution in [1.29, 1.82) is 0 Å². The molecule has 0 spiro atoms. The van der Waals surface area contributed by atoms with Crippen LogP contribution in [-0.4, -0.2) is 150 Å². The third-order valence-corrected chi connectivity index (χ3v) is 12.0. The average molecular weight is 764 g/mol. The van der Waals surface area contributed by atoms with Gasteiger partial charge in [-0.05, 0) is 88.2 Å². The Kier molecular flexibility index (Phi) is 17.8. The third-order valence-electron chi connectivity index (χ3n) is 12.0. The van der Waals surface area contributed by atoms with Gasteiger partial charge >= 0.3 is 5.97 Å². The first kappa shape index (κ1) is 47.9. The van der Waals surface area contributed by atoms with E-state index < -0.39 is 95.8 Å². The van der Waals surface area contributed by atoms with Crippen LogP contribution in [0.15, 0.2) is 0 Å². The normalized spacial score (nSPS) is 34.5. The second-order valence-electron chi connectivity index (χ2n) is 16.5. The number of ketones is 1. The Labute approximate surface area is 318 Å². The molecule has 0 saturated carbocycles. The summed E-state index contributed by atoms with van der Waals surface area (Å²) in [5.74, 6) is -2.92. The zero-order valence-electron chi connectivity index (χ0n) is 35.0. The molecular weight excluding hydrogens is 690 g/mol. The molecule has 14 nitrogen and oxygen atoms in total. The van der Waals surface area contributed by atoms with Crippen LogP contribution in [0.3, 0.4) is 0 Å². The van der Waals surface area contributed by atoms with E-state index in [4.69, 9.17) is 33.2 Å². The maximum Gasteiger partial charge on any atom is 0.311 e. The van der Waals surface area contributed by atoms with Crippen LogP contribution in [0.2, 0.25) is 0 Å². The summed E-state index contributed by atoms with van der Waals surface area (Å²) < 4.78 is 43.8. The van der Waals surface area contributed by atoms with Crippen molar-refractivity contribution in [3.05, 3.63) is 0 Å². The molecule has 312 valence electrons. The van der Waals surface area contributed by atoms with Gasteiger partial charge in [0.2, 0.25) is 0 Å². The fraction of sp³-hybridized carbons (Fsp3) is 0.949. The fourth-order valence-corrected chi connectivity index (χ4v) is 7.95. The zero-order valence-corrected chi connectivity index (χ0v) is 35.0. The Morgan fingerprint density at radius 2 is 1.62 bits per heavy atom. The predicted octanol–water partition coefficient (Wildman–Crippen LogP) is 3.22. The lowest BCUT2D eigenvalue weighted by atomic mass is 9.77. The molecule has 0 aromatic carbocycles. The number of aliphatic hydroxyl groups excluding tert-OH is 3. The molecule has 0 aromatic heterocycles. The number of hydrogen-bond acceptors (Lipinski definition) is 14. The van der Waals surface area contributed by atoms with Gasteiger partial charge in [0.1, 0.15) is 29.7 Å². The minimum Gasteiger partial charge on any atom is -0.459 e. The molecule has 14 heteroatoms. The lowest BCUT2D eigenvalue weighted by Crippen LogP contribution is -2.61. The molecular formula is C39H73NO13. The Balaban J connectivity index is 2.72. The molecule has 8 unspecified atom stereocenters. The fourth-order valence-electron chi connectivity index (χ4n) is 7.95. The van der Waals surface area contributed by atoms with Crippen molar-refractivity contribution in [2.75, 3.05) is 28.3 Å². The van der Waals surface area contributed by atoms with Crippen LogP contribution in [0.4, 0.5) is 0 Å². The van der Waals surface area contributed by atoms with Gasteiger partial charge in [0.05, 0.1) is 47.6 Å². The number of aliphatic hydroxyl groups is 4. The summed E-state index contributed by atoms with van der Waals surface area (Å²) in [5, 5.41) is 44.4. The second-order valence-corrected chi connectivity index (χ2v) is 16.5. The SMILES string of the molecule is CCC(O)[C@](C)(O)[C@@H](CC)OC(=O)[C@H](C)C(OC1C[C@@](C)(OC)C(O)[C@H](C)O1)[C@H](C)C(OC1O[C@H](C)CC(N(C)C)C1O)[C@@](C)(C[C@@H](C)C(C)=O)OC. The van der Waals surface area contributed by atoms with Crippen molar-refractivity contribution in [2.24, 2.45) is 17.8 Å². The van der Waals surface area contributed by atoms with E-state index in [1.807, 2.05) is 39.8 Å². The first-order chi connectivity index (χ1) is 24.4. The summed E-state index contributed by atoms with van der Waals surface area (Å²) in [4.78, 5) is 28.7. The molecule has 2 rings (SSSR count). The monoisotopic (exact) mass is 764 g/mol. The minimum atomic E-state index is -1.73. The molecule has 2 aliphatic heterocycles. The number of likely N-dealkylation sites (N-methyl/N-ethyl adjacent to an activating group) is 1. The third kappa shape index (κ3) is 11.4. The molecule has 53 heavy (non-hydrogen) atoms. The summed E-state index contributed by atoms with van der Waals surface area (Å²) in [7, 11) is 6.79. The maximum absolute atomic E-state index is 14.2. The number of Topliss-reactive ketones (excluding diaryl/α,β-unsaturated/α-hetero) is 1. The number of ether oxygens (including phenoxy) is 7. The molecule has 2 fully saturated rings. The molecule has 2 aliphatic rings. The van der Waals surface area contributed by atoms with Crippen molar-refractivity contribution in [1.82, 2.24) is 4.90 Å². The molecule has 0 radical (unpaired) electrons. The molecule has 0 aliphatic carbocycles. The highest BCUT2D eigenvalue weighted by molar-refractivity contribution is 5.78. The smallest absolute Gasteiger partial charge is 0.311 e. The number of nitrogens with zero attached hydrogens (tertiary/aromatic N) is 1. The lowest BCUT2D eigenvalue weighted by Gasteiger charge is -2.49. The zero-order chi connectivity index (χ0) is 40.8. The van der Waals surface area contributed by atoms with Gasteiger partial charge in [-0.2, -0.15) is 0 Å². The van der Waals surface area contributed by atoms with Gasteiger partial charge in [-0.25, -0.2) is 0 Å². The highest BCUT2D eigenvalue weighted by Gasteiger charge is 2.52. The van der Waals surface area contributed by atoms with E-state index in [9.17, 15) is 30.0 Å². The first-order valence-electron chi connectivity index (χ1n) is 19.3. The van der Waals surface area contributed by atoms with Crippen LogP contribution in [0.25, 0.3) is 0 Å². The van der Waals surface area contributed by atoms with Crippen LogP contribution < -0.4 is 0 Å². The van der Waals surface area contributed by atoms with Gasteiger partial charge < -0.3 is 58.5 Å². The minimum absolute atomic E-state index is 0.0476. The predicted molar refractivity (Wildman–Crippen MR) is 198 cm³/mol. The van der Waals surface area contributed by atoms with E-state index in [0.29, 0.717) is 6.42 Å². The number of methoxy groups -OCH3 is 2. The summed E-state index contributed by atoms with van der Waals surface area (Å²) in [5.41, 5.74) is -3.93. The van der Waals surface area contributed by atoms with Crippen LogP contribution in [-0.2, 0) is 42.7 Å². The number of esters is 1. The number of carbonyl (C=O) groups excluding carboxylic acids is 2. The topological polar surface area (TPSA) is 183 Å². The highest BCUT2D eigenvalue weighted by Crippen LogP contribution is 2.40. The van der Waals surface area contributed by atoms with Crippen LogP contribution in [0.5, 0.6) is 0 Å². The van der Waals surface area contributed by atoms with Crippen LogP contribution in [0, 0.1) is 17.8 Å². The van der Waals surface area contributed by atoms with Gasteiger partial charge in [-0.3, -0.25) is 9.59 Å². The first-order valence-corrected chi connectivity index (χ1v) is 19.3. The Hall–Kier alpha value is -1.30. The van der Waals surface area contributed by atoms with Gasteiger partial charge in [-0.1, -0.05) is 27.7 Å². The van der Waals surface area contributed by atoms with Crippen molar-refractivity contribution < 1.29 is 63.2 Å². The Morgan fingerprint density at radius 1 is 1.02 bits per heavy atom. The van der Waals surface area contributed by atoms with Crippen molar-refractivity contribution >= 4 is 11.8 Å². The standard InChI is InChI=1S/C39H73NO13/c1-16-28(42)39(11,46)29(17-2)51-35(45)24(6)32(52-30-20-37(9,47-14)33(44)26(8)50-30)23(5)34(38(10,48-15)19-21(3)25(7)41)53-36-31(43)27(40(12)13)18-22(4)49-36/h21-24,26-34,36,42-44,46H,16-20H2,1-15H3/t21-,22-,23+,24-,26+,27?,28?,29-,30?,31?,32?,33?,34?,36?,37-,38-,39+/m1/s1. The molecule has 0 bridgehead atoms. The van der Waals surface area contributed by atoms with Crippen LogP contribution >= 0.6 is 0 Å². The average Bonchev–Trinajstić information content (AvgIpc) is 3.10. The molecule has 0 amide bonds. The molecule has 2 saturated heterocycles. The van der Waals surface area contributed by atoms with Crippen molar-refractivity contribution in [3.8, 4) is 0 Å². The van der Waals surface area contributed by atoms with E-state index in [1.165, 1.54) is 28.1 Å². The highest BCUT2D eigenvalue weighted by atomic mass is 16.7. The van der Waals surface area contributed by atoms with E-state index in [0.717, 1.165) is 0 Å². The van der Waals surface area contributed by atoms with Gasteiger partial charge in [0.25, 0.3) is 0 Å². The summed E-state index contributed by atoms with van der Waals surface area (Å²) >= 11 is 0. The Morgan fingerprint density at radius 3 is 2.11 bits per heavy atom. The van der Waals surface area contributed by atoms with E-state index in [1.54, 1.807) is 41.5 Å². The molecule has 0 aromatic rings. The second kappa shape index (κ2) is 19.7. The Bertz CT molecular complexity index is 1160. The van der Waals surface area contributed by atoms with E-state index in [-0.39, 0.29) is 43.6 Å². The molecule has 2 heterocycles. The van der Waals surface area contributed by atoms with Gasteiger partial charge in [0.15, 0.2) is 12.6 Å². The van der Waals surface area contributed by atoms with Gasteiger partial charge in [-0.15, -0.1) is 0 Å². The summed E-state index contributed by atoms with van der Waals surface area (Å²) in [6, 6.07) is -0.280. The quantitative estimate of drug-likeness (QED) is 0.133. The molecule has 17 atom stereocenters. The summed E-state index contributed by atoms with van der Waals surface area (Å²) in [6.07, 6.45) is -7.75. The largest absolute Gasteiger partial charge is 0.459 e. The summed E-state index contributed by atoms with van der Waals surface area (Å²) in [6.45, 7) is 18.9. The van der Waals surface area contributed by atoms with Crippen molar-refractivity contribution in [2.45, 2.75) is 193 Å². The number of rotatable bonds is 20. The van der Waals surface area contributed by atoms with Gasteiger partial charge in [0, 0.05) is 38.5 Å². The molecule has 4 N–H and O–H groups in total. The van der Waals surface area contributed by atoms with Crippen molar-refractivity contribution in [3.63, 3.8) is 0 Å².